The summed E-state index contributed by atoms with van der Waals surface area (Å²) in [6.07, 6.45) is 2.95. The zero-order valence-electron chi connectivity index (χ0n) is 10.2. The fourth-order valence-electron chi connectivity index (χ4n) is 1.64. The van der Waals surface area contributed by atoms with Gasteiger partial charge in [-0.1, -0.05) is 0 Å². The second-order valence-corrected chi connectivity index (χ2v) is 3.97. The monoisotopic (exact) mass is 253 g/mol. The molecule has 1 aromatic rings. The molecular weight excluding hydrogens is 238 g/mol. The molecule has 1 aliphatic rings. The minimum Gasteiger partial charge on any atom is -0.452 e. The number of nitrogens with zero attached hydrogens (tertiary/aromatic N) is 3. The second kappa shape index (κ2) is 5.63. The van der Waals surface area contributed by atoms with Crippen LogP contribution in [0.5, 0.6) is 0 Å². The number of amides is 1. The number of rotatable bonds is 3. The van der Waals surface area contributed by atoms with Gasteiger partial charge >= 0.3 is 5.97 Å². The van der Waals surface area contributed by atoms with Crippen molar-refractivity contribution in [3.8, 4) is 0 Å². The quantitative estimate of drug-likeness (QED) is 0.675. The zero-order valence-corrected chi connectivity index (χ0v) is 10.2. The maximum atomic E-state index is 11.7. The third kappa shape index (κ3) is 3.07. The van der Waals surface area contributed by atoms with Crippen LogP contribution in [0.15, 0.2) is 12.4 Å². The van der Waals surface area contributed by atoms with Crippen LogP contribution in [-0.2, 0) is 21.3 Å². The predicted molar refractivity (Wildman–Crippen MR) is 60.9 cm³/mol. The molecule has 1 fully saturated rings. The van der Waals surface area contributed by atoms with Crippen molar-refractivity contribution in [1.82, 2.24) is 14.7 Å². The van der Waals surface area contributed by atoms with Gasteiger partial charge in [0.2, 0.25) is 0 Å². The van der Waals surface area contributed by atoms with E-state index in [4.69, 9.17) is 9.47 Å². The smallest absolute Gasteiger partial charge is 0.341 e. The summed E-state index contributed by atoms with van der Waals surface area (Å²) in [5, 5.41) is 3.86. The summed E-state index contributed by atoms with van der Waals surface area (Å²) in [6, 6.07) is 0. The summed E-state index contributed by atoms with van der Waals surface area (Å²) in [6.45, 7) is 1.91. The first-order valence-electron chi connectivity index (χ1n) is 5.68. The molecule has 0 saturated carbocycles. The van der Waals surface area contributed by atoms with Gasteiger partial charge in [-0.3, -0.25) is 9.48 Å². The van der Waals surface area contributed by atoms with Crippen LogP contribution < -0.4 is 0 Å². The van der Waals surface area contributed by atoms with E-state index in [2.05, 4.69) is 5.10 Å². The molecule has 0 atom stereocenters. The number of carbonyl (C=O) groups is 2. The van der Waals surface area contributed by atoms with Crippen molar-refractivity contribution in [3.63, 3.8) is 0 Å². The van der Waals surface area contributed by atoms with Gasteiger partial charge in [0, 0.05) is 26.3 Å². The van der Waals surface area contributed by atoms with Crippen molar-refractivity contribution in [2.75, 3.05) is 32.9 Å². The van der Waals surface area contributed by atoms with E-state index >= 15 is 0 Å². The Morgan fingerprint density at radius 1 is 1.44 bits per heavy atom. The second-order valence-electron chi connectivity index (χ2n) is 3.97. The molecule has 0 bridgehead atoms. The molecule has 0 N–H and O–H groups in total. The van der Waals surface area contributed by atoms with E-state index in [1.54, 1.807) is 18.1 Å². The van der Waals surface area contributed by atoms with Gasteiger partial charge in [-0.05, 0) is 0 Å². The number of morpholine rings is 1. The fraction of sp³-hybridized carbons (Fsp3) is 0.545. The van der Waals surface area contributed by atoms with Crippen molar-refractivity contribution in [2.45, 2.75) is 0 Å². The lowest BCUT2D eigenvalue weighted by Gasteiger charge is -2.26. The molecule has 7 nitrogen and oxygen atoms in total. The normalized spacial score (nSPS) is 15.5. The molecule has 0 spiro atoms. The van der Waals surface area contributed by atoms with Gasteiger partial charge in [-0.15, -0.1) is 0 Å². The fourth-order valence-corrected chi connectivity index (χ4v) is 1.64. The third-order valence-electron chi connectivity index (χ3n) is 2.63. The molecule has 1 aromatic heterocycles. The van der Waals surface area contributed by atoms with Crippen LogP contribution in [0.2, 0.25) is 0 Å². The molecule has 0 radical (unpaired) electrons. The van der Waals surface area contributed by atoms with Gasteiger partial charge in [0.25, 0.3) is 5.91 Å². The summed E-state index contributed by atoms with van der Waals surface area (Å²) in [7, 11) is 1.70. The standard InChI is InChI=1S/C11H15N3O4/c1-13-7-9(6-12-13)11(16)18-8-10(15)14-2-4-17-5-3-14/h6-7H,2-5,8H2,1H3. The molecule has 2 heterocycles. The molecular formula is C11H15N3O4. The van der Waals surface area contributed by atoms with E-state index in [1.807, 2.05) is 0 Å². The lowest BCUT2D eigenvalue weighted by Crippen LogP contribution is -2.42. The topological polar surface area (TPSA) is 73.7 Å². The maximum Gasteiger partial charge on any atom is 0.341 e. The number of esters is 1. The Morgan fingerprint density at radius 2 is 2.17 bits per heavy atom. The number of hydrogen-bond donors (Lipinski definition) is 0. The van der Waals surface area contributed by atoms with Crippen molar-refractivity contribution in [2.24, 2.45) is 7.05 Å². The Balaban J connectivity index is 1.80. The molecule has 1 amide bonds. The minimum absolute atomic E-state index is 0.199. The molecule has 1 aliphatic heterocycles. The van der Waals surface area contributed by atoms with Gasteiger partial charge in [-0.2, -0.15) is 5.10 Å². The van der Waals surface area contributed by atoms with Crippen LogP contribution in [-0.4, -0.2) is 59.5 Å². The Hall–Kier alpha value is -1.89. The van der Waals surface area contributed by atoms with Crippen LogP contribution in [0, 0.1) is 0 Å². The van der Waals surface area contributed by atoms with Crippen molar-refractivity contribution >= 4 is 11.9 Å². The molecule has 1 saturated heterocycles. The Kier molecular flexibility index (Phi) is 3.93. The Morgan fingerprint density at radius 3 is 2.78 bits per heavy atom. The van der Waals surface area contributed by atoms with Crippen LogP contribution in [0.4, 0.5) is 0 Å². The number of aromatic nitrogens is 2. The van der Waals surface area contributed by atoms with Crippen molar-refractivity contribution < 1.29 is 19.1 Å². The average molecular weight is 253 g/mol. The van der Waals surface area contributed by atoms with Gasteiger partial charge in [0.1, 0.15) is 0 Å². The number of ether oxygens (including phenoxy) is 2. The first-order chi connectivity index (χ1) is 8.66. The van der Waals surface area contributed by atoms with Gasteiger partial charge in [0.05, 0.1) is 25.0 Å². The first-order valence-corrected chi connectivity index (χ1v) is 5.68. The highest BCUT2D eigenvalue weighted by atomic mass is 16.5. The highest BCUT2D eigenvalue weighted by Crippen LogP contribution is 2.02. The molecule has 0 aromatic carbocycles. The van der Waals surface area contributed by atoms with E-state index < -0.39 is 5.97 Å². The van der Waals surface area contributed by atoms with Gasteiger partial charge in [0.15, 0.2) is 6.61 Å². The van der Waals surface area contributed by atoms with E-state index in [1.165, 1.54) is 10.9 Å². The van der Waals surface area contributed by atoms with E-state index in [9.17, 15) is 9.59 Å². The van der Waals surface area contributed by atoms with Gasteiger partial charge < -0.3 is 14.4 Å². The highest BCUT2D eigenvalue weighted by molar-refractivity contribution is 5.90. The Bertz CT molecular complexity index is 437. The summed E-state index contributed by atoms with van der Waals surface area (Å²) in [4.78, 5) is 24.9. The van der Waals surface area contributed by atoms with Crippen LogP contribution in [0.1, 0.15) is 10.4 Å². The molecule has 2 rings (SSSR count). The van der Waals surface area contributed by atoms with Gasteiger partial charge in [-0.25, -0.2) is 4.79 Å². The van der Waals surface area contributed by atoms with E-state index in [-0.39, 0.29) is 12.5 Å². The Labute approximate surface area is 104 Å². The summed E-state index contributed by atoms with van der Waals surface area (Å²) < 4.78 is 11.6. The summed E-state index contributed by atoms with van der Waals surface area (Å²) >= 11 is 0. The lowest BCUT2D eigenvalue weighted by molar-refractivity contribution is -0.138. The molecule has 0 aliphatic carbocycles. The zero-order chi connectivity index (χ0) is 13.0. The van der Waals surface area contributed by atoms with Crippen LogP contribution in [0.25, 0.3) is 0 Å². The summed E-state index contributed by atoms with van der Waals surface area (Å²) in [5.41, 5.74) is 0.340. The highest BCUT2D eigenvalue weighted by Gasteiger charge is 2.19. The number of carbonyl (C=O) groups excluding carboxylic acids is 2. The van der Waals surface area contributed by atoms with Crippen LogP contribution >= 0.6 is 0 Å². The predicted octanol–water partition coefficient (Wildman–Crippen LogP) is -0.564. The molecule has 98 valence electrons. The maximum absolute atomic E-state index is 11.7. The first kappa shape index (κ1) is 12.6. The SMILES string of the molecule is Cn1cc(C(=O)OCC(=O)N2CCOCC2)cn1. The average Bonchev–Trinajstić information content (AvgIpc) is 2.83. The van der Waals surface area contributed by atoms with Crippen molar-refractivity contribution in [1.29, 1.82) is 0 Å². The summed E-state index contributed by atoms with van der Waals surface area (Å²) in [5.74, 6) is -0.736. The largest absolute Gasteiger partial charge is 0.452 e. The van der Waals surface area contributed by atoms with Crippen molar-refractivity contribution in [3.05, 3.63) is 18.0 Å². The van der Waals surface area contributed by atoms with E-state index in [0.29, 0.717) is 31.9 Å². The molecule has 0 unspecified atom stereocenters. The van der Waals surface area contributed by atoms with Crippen LogP contribution in [0.3, 0.4) is 0 Å². The number of aryl methyl sites for hydroxylation is 1. The molecule has 7 heteroatoms. The third-order valence-corrected chi connectivity index (χ3v) is 2.63. The minimum atomic E-state index is -0.537. The number of hydrogen-bond acceptors (Lipinski definition) is 5. The lowest BCUT2D eigenvalue weighted by atomic mass is 10.4. The van der Waals surface area contributed by atoms with E-state index in [0.717, 1.165) is 0 Å². The molecule has 18 heavy (non-hydrogen) atoms.